The minimum Gasteiger partial charge on any atom is -0.454 e. The number of nitrogens with zero attached hydrogens (tertiary/aromatic N) is 2. The Hall–Kier alpha value is -1.99. The maximum atomic E-state index is 5.70. The summed E-state index contributed by atoms with van der Waals surface area (Å²) in [5.41, 5.74) is 1.36. The van der Waals surface area contributed by atoms with Gasteiger partial charge in [0.25, 0.3) is 0 Å². The van der Waals surface area contributed by atoms with Crippen molar-refractivity contribution in [1.82, 2.24) is 15.5 Å². The van der Waals surface area contributed by atoms with Gasteiger partial charge in [-0.15, -0.1) is 0 Å². The molecule has 0 aliphatic carbocycles. The van der Waals surface area contributed by atoms with Crippen molar-refractivity contribution in [3.05, 3.63) is 23.8 Å². The van der Waals surface area contributed by atoms with E-state index in [9.17, 15) is 0 Å². The Bertz CT molecular complexity index is 768. The van der Waals surface area contributed by atoms with Crippen LogP contribution in [0.25, 0.3) is 0 Å². The van der Waals surface area contributed by atoms with Gasteiger partial charge >= 0.3 is 0 Å². The van der Waals surface area contributed by atoms with E-state index in [0.717, 1.165) is 56.6 Å². The largest absolute Gasteiger partial charge is 0.454 e. The summed E-state index contributed by atoms with van der Waals surface area (Å²) in [6, 6.07) is 6.35. The second kappa shape index (κ2) is 9.65. The summed E-state index contributed by atoms with van der Waals surface area (Å²) in [4.78, 5) is 7.10. The van der Waals surface area contributed by atoms with Gasteiger partial charge in [0.1, 0.15) is 0 Å². The van der Waals surface area contributed by atoms with Gasteiger partial charge < -0.3 is 24.8 Å². The van der Waals surface area contributed by atoms with E-state index in [1.54, 1.807) is 0 Å². The Morgan fingerprint density at radius 1 is 1.06 bits per heavy atom. The van der Waals surface area contributed by atoms with Crippen molar-refractivity contribution < 1.29 is 14.2 Å². The standard InChI is InChI=1S/C24H38N4O3/c1-23(2,28-11-5-4-6-12-28)16-26-22(25-3)27-17-24(9-13-29-14-10-24)19-7-8-20-21(15-19)31-18-30-20/h7-8,15H,4-6,9-14,16-18H2,1-3H3,(H2,25,26,27). The van der Waals surface area contributed by atoms with E-state index in [-0.39, 0.29) is 11.0 Å². The molecule has 0 atom stereocenters. The van der Waals surface area contributed by atoms with Gasteiger partial charge in [-0.25, -0.2) is 0 Å². The molecule has 3 aliphatic heterocycles. The lowest BCUT2D eigenvalue weighted by Crippen LogP contribution is -2.56. The lowest BCUT2D eigenvalue weighted by Gasteiger charge is -2.41. The van der Waals surface area contributed by atoms with Gasteiger partial charge in [0, 0.05) is 44.3 Å². The third-order valence-electron chi connectivity index (χ3n) is 7.15. The zero-order chi connectivity index (χ0) is 21.7. The maximum absolute atomic E-state index is 5.70. The summed E-state index contributed by atoms with van der Waals surface area (Å²) in [5, 5.41) is 7.19. The third kappa shape index (κ3) is 5.09. The number of likely N-dealkylation sites (tertiary alicyclic amines) is 1. The smallest absolute Gasteiger partial charge is 0.231 e. The first kappa shape index (κ1) is 22.2. The van der Waals surface area contributed by atoms with Crippen LogP contribution in [0.1, 0.15) is 51.5 Å². The summed E-state index contributed by atoms with van der Waals surface area (Å²) < 4.78 is 16.8. The average Bonchev–Trinajstić information content (AvgIpc) is 3.28. The molecule has 0 aromatic heterocycles. The number of benzene rings is 1. The Morgan fingerprint density at radius 3 is 2.55 bits per heavy atom. The molecule has 0 unspecified atom stereocenters. The summed E-state index contributed by atoms with van der Waals surface area (Å²) in [5.74, 6) is 2.53. The molecule has 2 saturated heterocycles. The highest BCUT2D eigenvalue weighted by molar-refractivity contribution is 5.79. The molecule has 4 rings (SSSR count). The van der Waals surface area contributed by atoms with Crippen LogP contribution in [0, 0.1) is 0 Å². The SMILES string of the molecule is CN=C(NCC1(c2ccc3c(c2)OCO3)CCOCC1)NCC(C)(C)N1CCCCC1. The molecule has 0 radical (unpaired) electrons. The highest BCUT2D eigenvalue weighted by atomic mass is 16.7. The monoisotopic (exact) mass is 430 g/mol. The molecule has 172 valence electrons. The fourth-order valence-electron chi connectivity index (χ4n) is 4.94. The number of rotatable bonds is 6. The number of guanidine groups is 1. The molecule has 1 aromatic carbocycles. The molecule has 0 bridgehead atoms. The topological polar surface area (TPSA) is 67.4 Å². The zero-order valence-corrected chi connectivity index (χ0v) is 19.3. The molecule has 0 amide bonds. The van der Waals surface area contributed by atoms with Gasteiger partial charge in [0.2, 0.25) is 6.79 Å². The van der Waals surface area contributed by atoms with Crippen LogP contribution in [0.3, 0.4) is 0 Å². The molecular weight excluding hydrogens is 392 g/mol. The Balaban J connectivity index is 1.40. The van der Waals surface area contributed by atoms with Gasteiger partial charge in [0.05, 0.1) is 0 Å². The predicted octanol–water partition coefficient (Wildman–Crippen LogP) is 2.89. The van der Waals surface area contributed by atoms with E-state index in [0.29, 0.717) is 6.79 Å². The number of hydrogen-bond acceptors (Lipinski definition) is 5. The summed E-state index contributed by atoms with van der Waals surface area (Å²) in [6.07, 6.45) is 5.90. The van der Waals surface area contributed by atoms with Gasteiger partial charge in [-0.2, -0.15) is 0 Å². The normalized spacial score (nSPS) is 21.7. The first-order valence-corrected chi connectivity index (χ1v) is 11.7. The van der Waals surface area contributed by atoms with Crippen LogP contribution < -0.4 is 20.1 Å². The second-order valence-corrected chi connectivity index (χ2v) is 9.60. The number of hydrogen-bond donors (Lipinski definition) is 2. The molecular formula is C24H38N4O3. The van der Waals surface area contributed by atoms with Crippen LogP contribution >= 0.6 is 0 Å². The first-order chi connectivity index (χ1) is 15.0. The molecule has 2 N–H and O–H groups in total. The fourth-order valence-corrected chi connectivity index (χ4v) is 4.94. The number of ether oxygens (including phenoxy) is 3. The number of fused-ring (bicyclic) bond motifs is 1. The predicted molar refractivity (Wildman–Crippen MR) is 123 cm³/mol. The van der Waals surface area contributed by atoms with E-state index in [4.69, 9.17) is 14.2 Å². The second-order valence-electron chi connectivity index (χ2n) is 9.60. The van der Waals surface area contributed by atoms with Gasteiger partial charge in [-0.05, 0) is 70.3 Å². The summed E-state index contributed by atoms with van der Waals surface area (Å²) >= 11 is 0. The van der Waals surface area contributed by atoms with Gasteiger partial charge in [-0.1, -0.05) is 12.5 Å². The lowest BCUT2D eigenvalue weighted by atomic mass is 9.74. The molecule has 31 heavy (non-hydrogen) atoms. The molecule has 7 heteroatoms. The van der Waals surface area contributed by atoms with Gasteiger partial charge in [-0.3, -0.25) is 9.89 Å². The molecule has 0 spiro atoms. The van der Waals surface area contributed by atoms with Gasteiger partial charge in [0.15, 0.2) is 17.5 Å². The highest BCUT2D eigenvalue weighted by Crippen LogP contribution is 2.40. The van der Waals surface area contributed by atoms with Crippen molar-refractivity contribution >= 4 is 5.96 Å². The van der Waals surface area contributed by atoms with Crippen LogP contribution in [0.15, 0.2) is 23.2 Å². The van der Waals surface area contributed by atoms with Crippen LogP contribution in [-0.2, 0) is 10.2 Å². The quantitative estimate of drug-likeness (QED) is 0.534. The minimum atomic E-state index is -0.0146. The van der Waals surface area contributed by atoms with Crippen LogP contribution in [-0.4, -0.2) is 69.6 Å². The minimum absolute atomic E-state index is 0.0146. The van der Waals surface area contributed by atoms with E-state index in [2.05, 4.69) is 46.5 Å². The van der Waals surface area contributed by atoms with Crippen LogP contribution in [0.5, 0.6) is 11.5 Å². The number of piperidine rings is 1. The Labute approximate surface area is 186 Å². The van der Waals surface area contributed by atoms with Crippen molar-refractivity contribution in [2.24, 2.45) is 4.99 Å². The molecule has 1 aromatic rings. The molecule has 0 saturated carbocycles. The average molecular weight is 431 g/mol. The van der Waals surface area contributed by atoms with Crippen LogP contribution in [0.4, 0.5) is 0 Å². The Kier molecular flexibility index (Phi) is 6.92. The molecule has 3 heterocycles. The van der Waals surface area contributed by atoms with Crippen LogP contribution in [0.2, 0.25) is 0 Å². The van der Waals surface area contributed by atoms with Crippen molar-refractivity contribution in [3.8, 4) is 11.5 Å². The number of nitrogens with one attached hydrogen (secondary N) is 2. The highest BCUT2D eigenvalue weighted by Gasteiger charge is 2.36. The zero-order valence-electron chi connectivity index (χ0n) is 19.3. The lowest BCUT2D eigenvalue weighted by molar-refractivity contribution is 0.0512. The maximum Gasteiger partial charge on any atom is 0.231 e. The molecule has 2 fully saturated rings. The van der Waals surface area contributed by atoms with Crippen molar-refractivity contribution in [3.63, 3.8) is 0 Å². The first-order valence-electron chi connectivity index (χ1n) is 11.7. The van der Waals surface area contributed by atoms with E-state index >= 15 is 0 Å². The summed E-state index contributed by atoms with van der Waals surface area (Å²) in [6.45, 7) is 10.5. The van der Waals surface area contributed by atoms with Crippen molar-refractivity contribution in [2.75, 3.05) is 53.2 Å². The van der Waals surface area contributed by atoms with E-state index < -0.39 is 0 Å². The third-order valence-corrected chi connectivity index (χ3v) is 7.15. The van der Waals surface area contributed by atoms with E-state index in [1.165, 1.54) is 37.9 Å². The molecule has 3 aliphatic rings. The van der Waals surface area contributed by atoms with E-state index in [1.807, 2.05) is 13.1 Å². The Morgan fingerprint density at radius 2 is 1.81 bits per heavy atom. The van der Waals surface area contributed by atoms with Crippen molar-refractivity contribution in [2.45, 2.75) is 56.9 Å². The molecule has 7 nitrogen and oxygen atoms in total. The summed E-state index contributed by atoms with van der Waals surface area (Å²) in [7, 11) is 1.85. The fraction of sp³-hybridized carbons (Fsp3) is 0.708. The van der Waals surface area contributed by atoms with Crippen molar-refractivity contribution in [1.29, 1.82) is 0 Å². The number of aliphatic imine (C=N–C) groups is 1.